The van der Waals surface area contributed by atoms with Crippen LogP contribution in [0.4, 0.5) is 5.82 Å². The third-order valence-electron chi connectivity index (χ3n) is 5.62. The van der Waals surface area contributed by atoms with Crippen molar-refractivity contribution in [1.82, 2.24) is 9.29 Å². The average Bonchev–Trinajstić information content (AvgIpc) is 2.77. The highest BCUT2D eigenvalue weighted by molar-refractivity contribution is 7.89. The molecule has 0 unspecified atom stereocenters. The molecule has 0 saturated carbocycles. The lowest BCUT2D eigenvalue weighted by atomic mass is 10.1. The van der Waals surface area contributed by atoms with Crippen molar-refractivity contribution in [2.75, 3.05) is 19.0 Å². The van der Waals surface area contributed by atoms with Gasteiger partial charge in [-0.25, -0.2) is 13.4 Å². The number of rotatable bonds is 6. The van der Waals surface area contributed by atoms with Gasteiger partial charge in [0.05, 0.1) is 17.5 Å². The fraction of sp³-hybridized carbons (Fsp3) is 0.348. The van der Waals surface area contributed by atoms with Gasteiger partial charge in [-0.3, -0.25) is 0 Å². The van der Waals surface area contributed by atoms with Crippen molar-refractivity contribution in [3.63, 3.8) is 0 Å². The van der Waals surface area contributed by atoms with Gasteiger partial charge in [-0.15, -0.1) is 0 Å². The monoisotopic (exact) mass is 425 g/mol. The van der Waals surface area contributed by atoms with E-state index in [2.05, 4.69) is 10.3 Å². The second-order valence-corrected chi connectivity index (χ2v) is 9.61. The van der Waals surface area contributed by atoms with Crippen LogP contribution in [-0.4, -0.2) is 37.4 Å². The van der Waals surface area contributed by atoms with Crippen molar-refractivity contribution in [3.8, 4) is 5.75 Å². The lowest BCUT2D eigenvalue weighted by Gasteiger charge is -2.32. The Morgan fingerprint density at radius 2 is 2.00 bits per heavy atom. The largest absolute Gasteiger partial charge is 0.497 e. The van der Waals surface area contributed by atoms with Gasteiger partial charge in [-0.1, -0.05) is 18.6 Å². The van der Waals surface area contributed by atoms with Crippen LogP contribution in [0.15, 0.2) is 59.5 Å². The quantitative estimate of drug-likeness (QED) is 0.633. The standard InChI is InChI=1S/C23H27N3O3S/c1-17-6-3-4-13-26(17)30(27,28)21-10-11-22-19(15-21)9-12-23(25-22)24-16-18-7-5-8-20(14-18)29-2/h5,7-12,14-15,17H,3-4,6,13,16H2,1-2H3,(H,24,25)/t17-/m1/s1. The number of sulfonamides is 1. The number of hydrogen-bond donors (Lipinski definition) is 1. The molecule has 1 aliphatic rings. The number of piperidine rings is 1. The number of fused-ring (bicyclic) bond motifs is 1. The van der Waals surface area contributed by atoms with E-state index in [0.717, 1.165) is 47.3 Å². The first kappa shape index (κ1) is 20.6. The number of aromatic nitrogens is 1. The van der Waals surface area contributed by atoms with Gasteiger partial charge in [0.1, 0.15) is 11.6 Å². The van der Waals surface area contributed by atoms with Crippen LogP contribution in [0, 0.1) is 0 Å². The summed E-state index contributed by atoms with van der Waals surface area (Å²) in [7, 11) is -1.84. The summed E-state index contributed by atoms with van der Waals surface area (Å²) < 4.78 is 33.1. The van der Waals surface area contributed by atoms with Crippen molar-refractivity contribution in [1.29, 1.82) is 0 Å². The van der Waals surface area contributed by atoms with Gasteiger partial charge in [0.15, 0.2) is 0 Å². The Hall–Kier alpha value is -2.64. The molecule has 1 N–H and O–H groups in total. The first-order valence-electron chi connectivity index (χ1n) is 10.3. The molecule has 0 aliphatic carbocycles. The first-order chi connectivity index (χ1) is 14.5. The second kappa shape index (κ2) is 8.62. The summed E-state index contributed by atoms with van der Waals surface area (Å²) in [6.45, 7) is 3.20. The molecule has 6 nitrogen and oxygen atoms in total. The molecule has 2 heterocycles. The molecule has 7 heteroatoms. The summed E-state index contributed by atoms with van der Waals surface area (Å²) in [4.78, 5) is 4.97. The van der Waals surface area contributed by atoms with Crippen LogP contribution in [0.25, 0.3) is 10.9 Å². The molecule has 0 bridgehead atoms. The van der Waals surface area contributed by atoms with Gasteiger partial charge in [0, 0.05) is 24.5 Å². The minimum Gasteiger partial charge on any atom is -0.497 e. The molecule has 1 aromatic heterocycles. The van der Waals surface area contributed by atoms with Crippen molar-refractivity contribution in [3.05, 3.63) is 60.2 Å². The minimum absolute atomic E-state index is 0.0424. The van der Waals surface area contributed by atoms with Gasteiger partial charge >= 0.3 is 0 Å². The third-order valence-corrected chi connectivity index (χ3v) is 7.63. The highest BCUT2D eigenvalue weighted by Gasteiger charge is 2.31. The van der Waals surface area contributed by atoms with Crippen molar-refractivity contribution < 1.29 is 13.2 Å². The molecule has 158 valence electrons. The van der Waals surface area contributed by atoms with Gasteiger partial charge < -0.3 is 10.1 Å². The maximum Gasteiger partial charge on any atom is 0.243 e. The summed E-state index contributed by atoms with van der Waals surface area (Å²) in [6, 6.07) is 16.9. The number of pyridine rings is 1. The topological polar surface area (TPSA) is 71.5 Å². The number of nitrogens with one attached hydrogen (secondary N) is 1. The van der Waals surface area contributed by atoms with E-state index in [4.69, 9.17) is 4.74 Å². The molecule has 30 heavy (non-hydrogen) atoms. The lowest BCUT2D eigenvalue weighted by Crippen LogP contribution is -2.41. The SMILES string of the molecule is COc1cccc(CNc2ccc3cc(S(=O)(=O)N4CCCC[C@H]4C)ccc3n2)c1. The molecule has 0 radical (unpaired) electrons. The Labute approximate surface area is 177 Å². The lowest BCUT2D eigenvalue weighted by molar-refractivity contribution is 0.268. The summed E-state index contributed by atoms with van der Waals surface area (Å²) in [5, 5.41) is 4.13. The van der Waals surface area contributed by atoms with Crippen LogP contribution in [-0.2, 0) is 16.6 Å². The Balaban J connectivity index is 1.53. The van der Waals surface area contributed by atoms with E-state index in [1.165, 1.54) is 0 Å². The Bertz CT molecular complexity index is 1150. The molecule has 1 aliphatic heterocycles. The van der Waals surface area contributed by atoms with E-state index < -0.39 is 10.0 Å². The third kappa shape index (κ3) is 4.27. The molecule has 1 atom stereocenters. The van der Waals surface area contributed by atoms with E-state index in [9.17, 15) is 8.42 Å². The van der Waals surface area contributed by atoms with E-state index in [1.807, 2.05) is 43.3 Å². The van der Waals surface area contributed by atoms with Crippen molar-refractivity contribution >= 4 is 26.7 Å². The molecular weight excluding hydrogens is 398 g/mol. The summed E-state index contributed by atoms with van der Waals surface area (Å²) >= 11 is 0. The number of methoxy groups -OCH3 is 1. The molecule has 0 spiro atoms. The molecular formula is C23H27N3O3S. The van der Waals surface area contributed by atoms with Crippen molar-refractivity contribution in [2.24, 2.45) is 0 Å². The van der Waals surface area contributed by atoms with E-state index in [1.54, 1.807) is 29.6 Å². The smallest absolute Gasteiger partial charge is 0.243 e. The van der Waals surface area contributed by atoms with Crippen LogP contribution in [0.3, 0.4) is 0 Å². The highest BCUT2D eigenvalue weighted by Crippen LogP contribution is 2.27. The molecule has 4 rings (SSSR count). The Kier molecular flexibility index (Phi) is 5.92. The first-order valence-corrected chi connectivity index (χ1v) is 11.7. The number of anilines is 1. The zero-order chi connectivity index (χ0) is 21.1. The van der Waals surface area contributed by atoms with Crippen LogP contribution >= 0.6 is 0 Å². The predicted octanol–water partition coefficient (Wildman–Crippen LogP) is 4.42. The van der Waals surface area contributed by atoms with Crippen LogP contribution < -0.4 is 10.1 Å². The van der Waals surface area contributed by atoms with Gasteiger partial charge in [0.25, 0.3) is 0 Å². The second-order valence-electron chi connectivity index (χ2n) is 7.72. The van der Waals surface area contributed by atoms with Crippen molar-refractivity contribution in [2.45, 2.75) is 43.7 Å². The average molecular weight is 426 g/mol. The maximum atomic E-state index is 13.1. The molecule has 2 aromatic carbocycles. The predicted molar refractivity (Wildman–Crippen MR) is 119 cm³/mol. The molecule has 3 aromatic rings. The van der Waals surface area contributed by atoms with E-state index >= 15 is 0 Å². The Morgan fingerprint density at radius 1 is 1.13 bits per heavy atom. The number of ether oxygens (including phenoxy) is 1. The maximum absolute atomic E-state index is 13.1. The van der Waals surface area contributed by atoms with Crippen LogP contribution in [0.1, 0.15) is 31.7 Å². The zero-order valence-electron chi connectivity index (χ0n) is 17.3. The zero-order valence-corrected chi connectivity index (χ0v) is 18.2. The van der Waals surface area contributed by atoms with Gasteiger partial charge in [-0.05, 0) is 67.8 Å². The van der Waals surface area contributed by atoms with Crippen LogP contribution in [0.5, 0.6) is 5.75 Å². The number of benzene rings is 2. The van der Waals surface area contributed by atoms with Gasteiger partial charge in [0.2, 0.25) is 10.0 Å². The molecule has 1 fully saturated rings. The molecule has 0 amide bonds. The minimum atomic E-state index is -3.49. The number of nitrogens with zero attached hydrogens (tertiary/aromatic N) is 2. The normalized spacial score (nSPS) is 17.7. The Morgan fingerprint density at radius 3 is 2.80 bits per heavy atom. The van der Waals surface area contributed by atoms with E-state index in [0.29, 0.717) is 18.0 Å². The summed E-state index contributed by atoms with van der Waals surface area (Å²) in [5.41, 5.74) is 1.85. The molecule has 1 saturated heterocycles. The fourth-order valence-electron chi connectivity index (χ4n) is 3.90. The van der Waals surface area contributed by atoms with Gasteiger partial charge in [-0.2, -0.15) is 4.31 Å². The highest BCUT2D eigenvalue weighted by atomic mass is 32.2. The van der Waals surface area contributed by atoms with Crippen LogP contribution in [0.2, 0.25) is 0 Å². The fourth-order valence-corrected chi connectivity index (χ4v) is 5.64. The summed E-state index contributed by atoms with van der Waals surface area (Å²) in [5.74, 6) is 1.56. The van der Waals surface area contributed by atoms with E-state index in [-0.39, 0.29) is 6.04 Å². The summed E-state index contributed by atoms with van der Waals surface area (Å²) in [6.07, 6.45) is 2.91. The number of hydrogen-bond acceptors (Lipinski definition) is 5.